The number of carbonyl (C=O) groups is 4. The number of carboxylic acid groups (broad SMARTS) is 1. The van der Waals surface area contributed by atoms with E-state index in [2.05, 4.69) is 16.0 Å². The number of hydrogen-bond acceptors (Lipinski definition) is 5. The van der Waals surface area contributed by atoms with E-state index < -0.39 is 35.8 Å². The van der Waals surface area contributed by atoms with Gasteiger partial charge in [-0.25, -0.2) is 0 Å². The van der Waals surface area contributed by atoms with Gasteiger partial charge < -0.3 is 26.8 Å². The van der Waals surface area contributed by atoms with E-state index >= 15 is 0 Å². The molecule has 0 spiro atoms. The highest BCUT2D eigenvalue weighted by atomic mass is 16.4. The van der Waals surface area contributed by atoms with Crippen LogP contribution >= 0.6 is 0 Å². The monoisotopic (exact) mass is 316 g/mol. The molecule has 126 valence electrons. The molecule has 0 aliphatic rings. The third-order valence-electron chi connectivity index (χ3n) is 2.72. The van der Waals surface area contributed by atoms with Crippen LogP contribution in [0.4, 0.5) is 0 Å². The molecule has 9 nitrogen and oxygen atoms in total. The first-order valence-electron chi connectivity index (χ1n) is 6.96. The van der Waals surface area contributed by atoms with Crippen molar-refractivity contribution < 1.29 is 24.3 Å². The molecule has 0 saturated carbocycles. The largest absolute Gasteiger partial charge is 0.480 e. The first kappa shape index (κ1) is 19.8. The van der Waals surface area contributed by atoms with Crippen molar-refractivity contribution in [2.75, 3.05) is 13.1 Å². The Bertz CT molecular complexity index is 425. The van der Waals surface area contributed by atoms with Crippen LogP contribution in [0, 0.1) is 5.92 Å². The van der Waals surface area contributed by atoms with Gasteiger partial charge in [-0.05, 0) is 19.3 Å². The third-order valence-corrected chi connectivity index (χ3v) is 2.72. The number of amides is 3. The zero-order valence-corrected chi connectivity index (χ0v) is 13.0. The Morgan fingerprint density at radius 1 is 1.05 bits per heavy atom. The molecule has 3 amide bonds. The van der Waals surface area contributed by atoms with Gasteiger partial charge in [0.15, 0.2) is 0 Å². The maximum atomic E-state index is 12.0. The molecule has 2 atom stereocenters. The standard InChI is InChI=1S/C13H24N4O5/c1-7(2)4-9(17-10(18)5-14)12(20)15-6-11(19)16-8(3)13(21)22/h7-9H,4-6,14H2,1-3H3,(H,15,20)(H,16,19)(H,17,18)(H,21,22). The molecule has 6 N–H and O–H groups in total. The molecule has 0 rings (SSSR count). The van der Waals surface area contributed by atoms with Crippen LogP contribution in [0.5, 0.6) is 0 Å². The summed E-state index contributed by atoms with van der Waals surface area (Å²) in [6.07, 6.45) is 0.394. The molecular formula is C13H24N4O5. The molecular weight excluding hydrogens is 292 g/mol. The number of aliphatic carboxylic acids is 1. The van der Waals surface area contributed by atoms with E-state index in [1.165, 1.54) is 6.92 Å². The van der Waals surface area contributed by atoms with E-state index in [1.807, 2.05) is 13.8 Å². The van der Waals surface area contributed by atoms with Crippen molar-refractivity contribution >= 4 is 23.7 Å². The molecule has 0 radical (unpaired) electrons. The normalized spacial score (nSPS) is 13.1. The van der Waals surface area contributed by atoms with Crippen LogP contribution in [0.2, 0.25) is 0 Å². The predicted octanol–water partition coefficient (Wildman–Crippen LogP) is -1.82. The molecule has 0 aromatic carbocycles. The van der Waals surface area contributed by atoms with E-state index in [4.69, 9.17) is 10.8 Å². The molecule has 0 aliphatic carbocycles. The van der Waals surface area contributed by atoms with Crippen molar-refractivity contribution in [2.24, 2.45) is 11.7 Å². The lowest BCUT2D eigenvalue weighted by Gasteiger charge is -2.20. The van der Waals surface area contributed by atoms with Gasteiger partial charge in [0.2, 0.25) is 17.7 Å². The fourth-order valence-corrected chi connectivity index (χ4v) is 1.60. The lowest BCUT2D eigenvalue weighted by molar-refractivity contribution is -0.141. The number of rotatable bonds is 9. The highest BCUT2D eigenvalue weighted by Crippen LogP contribution is 2.04. The second kappa shape index (κ2) is 9.72. The smallest absolute Gasteiger partial charge is 0.325 e. The minimum absolute atomic E-state index is 0.148. The van der Waals surface area contributed by atoms with Crippen LogP contribution in [0.1, 0.15) is 27.2 Å². The molecule has 0 saturated heterocycles. The summed E-state index contributed by atoms with van der Waals surface area (Å²) < 4.78 is 0. The lowest BCUT2D eigenvalue weighted by atomic mass is 10.0. The molecule has 9 heteroatoms. The van der Waals surface area contributed by atoms with Crippen molar-refractivity contribution in [1.29, 1.82) is 0 Å². The zero-order valence-electron chi connectivity index (χ0n) is 13.0. The van der Waals surface area contributed by atoms with Crippen LogP contribution in [0.3, 0.4) is 0 Å². The van der Waals surface area contributed by atoms with Crippen LogP contribution in [-0.4, -0.2) is 54.0 Å². The van der Waals surface area contributed by atoms with Gasteiger partial charge >= 0.3 is 5.97 Å². The second-order valence-corrected chi connectivity index (χ2v) is 5.30. The van der Waals surface area contributed by atoms with Crippen molar-refractivity contribution in [1.82, 2.24) is 16.0 Å². The SMILES string of the molecule is CC(C)CC(NC(=O)CN)C(=O)NCC(=O)NC(C)C(=O)O. The van der Waals surface area contributed by atoms with Crippen molar-refractivity contribution in [3.8, 4) is 0 Å². The summed E-state index contributed by atoms with van der Waals surface area (Å²) >= 11 is 0. The second-order valence-electron chi connectivity index (χ2n) is 5.30. The number of carboxylic acids is 1. The highest BCUT2D eigenvalue weighted by molar-refractivity contribution is 5.91. The van der Waals surface area contributed by atoms with Gasteiger partial charge in [-0.2, -0.15) is 0 Å². The topological polar surface area (TPSA) is 151 Å². The van der Waals surface area contributed by atoms with Crippen LogP contribution in [0.15, 0.2) is 0 Å². The fourth-order valence-electron chi connectivity index (χ4n) is 1.60. The molecule has 0 aromatic rings. The van der Waals surface area contributed by atoms with Crippen LogP contribution in [-0.2, 0) is 19.2 Å². The van der Waals surface area contributed by atoms with E-state index in [-0.39, 0.29) is 19.0 Å². The van der Waals surface area contributed by atoms with Crippen molar-refractivity contribution in [3.05, 3.63) is 0 Å². The van der Waals surface area contributed by atoms with Gasteiger partial charge in [0.05, 0.1) is 13.1 Å². The Hall–Kier alpha value is -2.16. The Morgan fingerprint density at radius 3 is 2.09 bits per heavy atom. The summed E-state index contributed by atoms with van der Waals surface area (Å²) in [6.45, 7) is 4.47. The summed E-state index contributed by atoms with van der Waals surface area (Å²) in [5.74, 6) is -2.64. The molecule has 2 unspecified atom stereocenters. The first-order valence-corrected chi connectivity index (χ1v) is 6.96. The van der Waals surface area contributed by atoms with Gasteiger partial charge in [0, 0.05) is 0 Å². The van der Waals surface area contributed by atoms with Crippen molar-refractivity contribution in [2.45, 2.75) is 39.3 Å². The maximum Gasteiger partial charge on any atom is 0.325 e. The fraction of sp³-hybridized carbons (Fsp3) is 0.692. The number of nitrogens with two attached hydrogens (primary N) is 1. The Balaban J connectivity index is 4.46. The summed E-state index contributed by atoms with van der Waals surface area (Å²) in [6, 6.07) is -1.84. The quantitative estimate of drug-likeness (QED) is 0.338. The van der Waals surface area contributed by atoms with Crippen LogP contribution < -0.4 is 21.7 Å². The Labute approximate surface area is 129 Å². The number of nitrogens with one attached hydrogen (secondary N) is 3. The lowest BCUT2D eigenvalue weighted by Crippen LogP contribution is -2.51. The van der Waals surface area contributed by atoms with Gasteiger partial charge in [0.25, 0.3) is 0 Å². The Kier molecular flexibility index (Phi) is 8.76. The summed E-state index contributed by atoms with van der Waals surface area (Å²) in [5.41, 5.74) is 5.19. The third kappa shape index (κ3) is 8.20. The zero-order chi connectivity index (χ0) is 17.3. The van der Waals surface area contributed by atoms with Gasteiger partial charge in [-0.3, -0.25) is 19.2 Å². The van der Waals surface area contributed by atoms with Gasteiger partial charge in [0.1, 0.15) is 12.1 Å². The predicted molar refractivity (Wildman–Crippen MR) is 78.7 cm³/mol. The molecule has 0 heterocycles. The minimum atomic E-state index is -1.17. The van der Waals surface area contributed by atoms with Crippen molar-refractivity contribution in [3.63, 3.8) is 0 Å². The average molecular weight is 316 g/mol. The van der Waals surface area contributed by atoms with E-state index in [9.17, 15) is 19.2 Å². The molecule has 22 heavy (non-hydrogen) atoms. The average Bonchev–Trinajstić information content (AvgIpc) is 2.43. The molecule has 0 aromatic heterocycles. The summed E-state index contributed by atoms with van der Waals surface area (Å²) in [7, 11) is 0. The number of hydrogen-bond donors (Lipinski definition) is 5. The van der Waals surface area contributed by atoms with E-state index in [0.29, 0.717) is 6.42 Å². The molecule has 0 aliphatic heterocycles. The number of carbonyl (C=O) groups excluding carboxylic acids is 3. The summed E-state index contributed by atoms with van der Waals surface area (Å²) in [4.78, 5) is 45.4. The maximum absolute atomic E-state index is 12.0. The molecule has 0 bridgehead atoms. The molecule has 0 fully saturated rings. The minimum Gasteiger partial charge on any atom is -0.480 e. The highest BCUT2D eigenvalue weighted by Gasteiger charge is 2.22. The van der Waals surface area contributed by atoms with Gasteiger partial charge in [-0.1, -0.05) is 13.8 Å². The first-order chi connectivity index (χ1) is 10.2. The Morgan fingerprint density at radius 2 is 1.64 bits per heavy atom. The van der Waals surface area contributed by atoms with E-state index in [0.717, 1.165) is 0 Å². The van der Waals surface area contributed by atoms with E-state index in [1.54, 1.807) is 0 Å². The van der Waals surface area contributed by atoms with Gasteiger partial charge in [-0.15, -0.1) is 0 Å². The summed E-state index contributed by atoms with van der Waals surface area (Å²) in [5, 5.41) is 15.7. The van der Waals surface area contributed by atoms with Crippen LogP contribution in [0.25, 0.3) is 0 Å².